The van der Waals surface area contributed by atoms with Crippen LogP contribution in [0.2, 0.25) is 0 Å². The molecular weight excluding hydrogens is 592 g/mol. The lowest BCUT2D eigenvalue weighted by Gasteiger charge is -2.43. The number of aliphatic hydroxyl groups is 1. The Labute approximate surface area is 278 Å². The van der Waals surface area contributed by atoms with Crippen LogP contribution in [0, 0.1) is 5.92 Å². The average Bonchev–Trinajstić information content (AvgIpc) is 3.63. The van der Waals surface area contributed by atoms with E-state index in [1.54, 1.807) is 0 Å². The summed E-state index contributed by atoms with van der Waals surface area (Å²) in [6, 6.07) is 24.9. The maximum Gasteiger partial charge on any atom is 0.303 e. The Balaban J connectivity index is 1.31. The second-order valence-electron chi connectivity index (χ2n) is 12.8. The number of amides is 1. The summed E-state index contributed by atoms with van der Waals surface area (Å²) in [5.41, 5.74) is 5.94. The lowest BCUT2D eigenvalue weighted by atomic mass is 9.89. The van der Waals surface area contributed by atoms with Crippen LogP contribution in [-0.2, 0) is 32.2 Å². The summed E-state index contributed by atoms with van der Waals surface area (Å²) < 4.78 is 13.5. The molecule has 4 atom stereocenters. The zero-order valence-electron chi connectivity index (χ0n) is 27.4. The number of carbonyl (C=O) groups excluding carboxylic acids is 1. The van der Waals surface area contributed by atoms with E-state index in [0.29, 0.717) is 19.0 Å². The quantitative estimate of drug-likeness (QED) is 0.155. The number of rotatable bonds is 15. The van der Waals surface area contributed by atoms with Crippen LogP contribution >= 0.6 is 0 Å². The Morgan fingerprint density at radius 2 is 1.66 bits per heavy atom. The number of benzene rings is 3. The van der Waals surface area contributed by atoms with Gasteiger partial charge in [-0.25, -0.2) is 0 Å². The Kier molecular flexibility index (Phi) is 12.4. The summed E-state index contributed by atoms with van der Waals surface area (Å²) in [5, 5.41) is 21.3. The van der Waals surface area contributed by atoms with Crippen molar-refractivity contribution < 1.29 is 29.3 Å². The summed E-state index contributed by atoms with van der Waals surface area (Å²) in [5.74, 6) is -0.936. The Morgan fingerprint density at radius 3 is 2.34 bits per heavy atom. The van der Waals surface area contributed by atoms with Gasteiger partial charge in [-0.2, -0.15) is 0 Å². The van der Waals surface area contributed by atoms with Crippen LogP contribution in [0.4, 0.5) is 0 Å². The maximum atomic E-state index is 12.1. The van der Waals surface area contributed by atoms with E-state index >= 15 is 0 Å². The number of nitrogens with zero attached hydrogens (tertiary/aromatic N) is 1. The van der Waals surface area contributed by atoms with Gasteiger partial charge < -0.3 is 25.0 Å². The smallest absolute Gasteiger partial charge is 0.303 e. The molecular formula is C39H48N2O6. The highest BCUT2D eigenvalue weighted by Gasteiger charge is 2.40. The number of ether oxygens (including phenoxy) is 2. The van der Waals surface area contributed by atoms with Crippen molar-refractivity contribution in [2.24, 2.45) is 5.92 Å². The van der Waals surface area contributed by atoms with Gasteiger partial charge in [-0.3, -0.25) is 14.5 Å². The van der Waals surface area contributed by atoms with E-state index < -0.39 is 12.3 Å². The third kappa shape index (κ3) is 9.39. The van der Waals surface area contributed by atoms with Gasteiger partial charge in [0.2, 0.25) is 5.91 Å². The third-order valence-corrected chi connectivity index (χ3v) is 9.47. The molecule has 5 rings (SSSR count). The molecule has 1 heterocycles. The van der Waals surface area contributed by atoms with Crippen LogP contribution in [0.5, 0.6) is 0 Å². The molecule has 1 saturated carbocycles. The number of nitrogens with one attached hydrogen (secondary N) is 1. The minimum Gasteiger partial charge on any atom is -0.481 e. The molecule has 1 saturated heterocycles. The average molecular weight is 641 g/mol. The molecule has 250 valence electrons. The first-order chi connectivity index (χ1) is 22.8. The van der Waals surface area contributed by atoms with Gasteiger partial charge >= 0.3 is 5.97 Å². The van der Waals surface area contributed by atoms with Crippen LogP contribution in [0.25, 0.3) is 11.1 Å². The molecule has 0 unspecified atom stereocenters. The van der Waals surface area contributed by atoms with Crippen molar-refractivity contribution in [3.8, 4) is 11.1 Å². The number of carbonyl (C=O) groups is 2. The molecule has 2 fully saturated rings. The molecule has 8 heteroatoms. The summed E-state index contributed by atoms with van der Waals surface area (Å²) in [7, 11) is 0. The molecule has 1 aliphatic heterocycles. The minimum absolute atomic E-state index is 0.00606. The largest absolute Gasteiger partial charge is 0.481 e. The molecule has 47 heavy (non-hydrogen) atoms. The topological polar surface area (TPSA) is 108 Å². The van der Waals surface area contributed by atoms with Crippen molar-refractivity contribution in [1.82, 2.24) is 10.2 Å². The number of carboxylic acid groups (broad SMARTS) is 1. The number of aliphatic carboxylic acids is 1. The van der Waals surface area contributed by atoms with Gasteiger partial charge in [0.05, 0.1) is 18.8 Å². The fourth-order valence-corrected chi connectivity index (χ4v) is 6.75. The maximum absolute atomic E-state index is 12.1. The number of hydrogen-bond acceptors (Lipinski definition) is 6. The molecule has 8 nitrogen and oxygen atoms in total. The summed E-state index contributed by atoms with van der Waals surface area (Å²) in [6.45, 7) is 8.27. The molecule has 0 aromatic heterocycles. The highest BCUT2D eigenvalue weighted by atomic mass is 16.7. The van der Waals surface area contributed by atoms with Gasteiger partial charge in [-0.1, -0.05) is 92.6 Å². The van der Waals surface area contributed by atoms with Gasteiger partial charge in [-0.05, 0) is 53.1 Å². The van der Waals surface area contributed by atoms with Crippen molar-refractivity contribution in [2.75, 3.05) is 13.1 Å². The van der Waals surface area contributed by atoms with Crippen LogP contribution in [0.3, 0.4) is 0 Å². The first kappa shape index (κ1) is 34.5. The van der Waals surface area contributed by atoms with Gasteiger partial charge in [0.1, 0.15) is 0 Å². The van der Waals surface area contributed by atoms with Gasteiger partial charge in [0.25, 0.3) is 0 Å². The second kappa shape index (κ2) is 16.8. The predicted molar refractivity (Wildman–Crippen MR) is 182 cm³/mol. The van der Waals surface area contributed by atoms with Crippen molar-refractivity contribution in [2.45, 2.75) is 89.6 Å². The fourth-order valence-electron chi connectivity index (χ4n) is 6.75. The van der Waals surface area contributed by atoms with Crippen LogP contribution in [0.1, 0.15) is 86.5 Å². The highest BCUT2D eigenvalue weighted by molar-refractivity contribution is 5.76. The van der Waals surface area contributed by atoms with Crippen molar-refractivity contribution in [1.29, 1.82) is 0 Å². The van der Waals surface area contributed by atoms with Crippen LogP contribution in [0.15, 0.2) is 85.5 Å². The molecule has 3 N–H and O–H groups in total. The van der Waals surface area contributed by atoms with Crippen molar-refractivity contribution >= 4 is 11.9 Å². The Hall–Kier alpha value is -3.82. The molecule has 3 aromatic carbocycles. The number of carboxylic acids is 1. The van der Waals surface area contributed by atoms with E-state index in [1.165, 1.54) is 25.7 Å². The van der Waals surface area contributed by atoms with Crippen molar-refractivity contribution in [3.63, 3.8) is 0 Å². The van der Waals surface area contributed by atoms with Gasteiger partial charge in [-0.15, -0.1) is 6.58 Å². The molecule has 0 radical (unpaired) electrons. The SMILES string of the molecule is C=CCN(C[C@H]1O[C@@H](c2ccc(-c3cccc(CNC(=O)CCCC(=O)O)c3)cc2)O[C@@H](c2ccc(CO)cc2)[C@H]1C)C1CCCC1. The fraction of sp³-hybridized carbons (Fsp3) is 0.436. The van der Waals surface area contributed by atoms with Crippen molar-refractivity contribution in [3.05, 3.63) is 108 Å². The second-order valence-corrected chi connectivity index (χ2v) is 12.8. The van der Waals surface area contributed by atoms with E-state index in [-0.39, 0.29) is 43.5 Å². The normalized spacial score (nSPS) is 21.5. The lowest BCUT2D eigenvalue weighted by molar-refractivity contribution is -0.276. The molecule has 1 aliphatic carbocycles. The predicted octanol–water partition coefficient (Wildman–Crippen LogP) is 6.94. The highest BCUT2D eigenvalue weighted by Crippen LogP contribution is 2.42. The monoisotopic (exact) mass is 640 g/mol. The van der Waals surface area contributed by atoms with E-state index in [1.807, 2.05) is 36.4 Å². The summed E-state index contributed by atoms with van der Waals surface area (Å²) >= 11 is 0. The minimum atomic E-state index is -0.893. The lowest BCUT2D eigenvalue weighted by Crippen LogP contribution is -2.47. The zero-order valence-corrected chi connectivity index (χ0v) is 27.4. The van der Waals surface area contributed by atoms with E-state index in [2.05, 4.69) is 66.2 Å². The molecule has 0 bridgehead atoms. The number of hydrogen-bond donors (Lipinski definition) is 3. The van der Waals surface area contributed by atoms with Gasteiger partial charge in [0.15, 0.2) is 6.29 Å². The summed E-state index contributed by atoms with van der Waals surface area (Å²) in [4.78, 5) is 25.4. The summed E-state index contributed by atoms with van der Waals surface area (Å²) in [6.07, 6.45) is 6.70. The van der Waals surface area contributed by atoms with E-state index in [4.69, 9.17) is 14.6 Å². The van der Waals surface area contributed by atoms with Gasteiger partial charge in [0, 0.05) is 50.0 Å². The molecule has 1 amide bonds. The van der Waals surface area contributed by atoms with E-state index in [9.17, 15) is 14.7 Å². The Morgan fingerprint density at radius 1 is 0.936 bits per heavy atom. The first-order valence-electron chi connectivity index (χ1n) is 16.9. The molecule has 0 spiro atoms. The molecule has 3 aromatic rings. The van der Waals surface area contributed by atoms with Crippen LogP contribution < -0.4 is 5.32 Å². The first-order valence-corrected chi connectivity index (χ1v) is 16.9. The third-order valence-electron chi connectivity index (χ3n) is 9.47. The standard InChI is InChI=1S/C39H48N2O6/c1-3-22-41(34-10-4-5-11-34)25-35-27(2)38(31-16-14-28(26-42)15-17-31)47-39(46-35)32-20-18-30(19-21-32)33-9-6-8-29(23-33)24-40-36(43)12-7-13-37(44)45/h3,6,8-9,14-21,23,27,34-35,38-39,42H,1,4-5,7,10-13,22,24-26H2,2H3,(H,40,43)(H,44,45)/t27-,35+,38+,39+/m0/s1. The zero-order chi connectivity index (χ0) is 33.2. The number of aliphatic hydroxyl groups excluding tert-OH is 1. The Bertz CT molecular complexity index is 1470. The van der Waals surface area contributed by atoms with Crippen LogP contribution in [-0.4, -0.2) is 52.2 Å². The molecule has 2 aliphatic rings. The van der Waals surface area contributed by atoms with E-state index in [0.717, 1.165) is 46.5 Å².